The molecule has 106 valence electrons. The number of nitrogens with one attached hydrogen (secondary N) is 2. The molecule has 5 nitrogen and oxygen atoms in total. The van der Waals surface area contributed by atoms with E-state index >= 15 is 0 Å². The number of rotatable bonds is 3. The summed E-state index contributed by atoms with van der Waals surface area (Å²) in [6, 6.07) is 3.87. The van der Waals surface area contributed by atoms with Crippen molar-refractivity contribution in [2.24, 2.45) is 0 Å². The number of thiazole rings is 1. The highest BCUT2D eigenvalue weighted by atomic mass is 32.1. The number of carbonyl (C=O) groups excluding carboxylic acids is 1. The standard InChI is InChI=1S/C14H17N3O2S/c1-9-12(13(18)16-10-4-2-6-15-8-10)17-14(20-9)11-5-3-7-19-11/h3,5,7,10,15H,2,4,6,8H2,1H3,(H,16,18). The molecule has 1 fully saturated rings. The molecule has 2 N–H and O–H groups in total. The topological polar surface area (TPSA) is 67.2 Å². The molecule has 0 spiro atoms. The Morgan fingerprint density at radius 1 is 1.60 bits per heavy atom. The molecular weight excluding hydrogens is 274 g/mol. The van der Waals surface area contributed by atoms with Crippen molar-refractivity contribution >= 4 is 17.2 Å². The lowest BCUT2D eigenvalue weighted by molar-refractivity contribution is 0.0926. The van der Waals surface area contributed by atoms with Gasteiger partial charge in [0.2, 0.25) is 0 Å². The Hall–Kier alpha value is -1.66. The quantitative estimate of drug-likeness (QED) is 0.909. The fraction of sp³-hybridized carbons (Fsp3) is 0.429. The van der Waals surface area contributed by atoms with Crippen molar-refractivity contribution in [3.8, 4) is 10.8 Å². The third kappa shape index (κ3) is 2.76. The van der Waals surface area contributed by atoms with Gasteiger partial charge in [0, 0.05) is 17.5 Å². The molecule has 0 radical (unpaired) electrons. The van der Waals surface area contributed by atoms with Crippen LogP contribution in [0.1, 0.15) is 28.2 Å². The Labute approximate surface area is 121 Å². The molecule has 0 bridgehead atoms. The van der Waals surface area contributed by atoms with Gasteiger partial charge in [-0.1, -0.05) is 0 Å². The van der Waals surface area contributed by atoms with Gasteiger partial charge in [0.15, 0.2) is 10.8 Å². The van der Waals surface area contributed by atoms with Crippen LogP contribution in [0, 0.1) is 6.92 Å². The number of amides is 1. The van der Waals surface area contributed by atoms with Crippen LogP contribution in [0.4, 0.5) is 0 Å². The lowest BCUT2D eigenvalue weighted by Gasteiger charge is -2.23. The van der Waals surface area contributed by atoms with E-state index in [1.807, 2.05) is 19.1 Å². The molecule has 0 saturated carbocycles. The summed E-state index contributed by atoms with van der Waals surface area (Å²) in [5, 5.41) is 7.08. The second kappa shape index (κ2) is 5.76. The normalized spacial score (nSPS) is 18.9. The molecule has 3 rings (SSSR count). The second-order valence-electron chi connectivity index (χ2n) is 4.92. The third-order valence-corrected chi connectivity index (χ3v) is 4.36. The van der Waals surface area contributed by atoms with Gasteiger partial charge in [-0.05, 0) is 38.4 Å². The van der Waals surface area contributed by atoms with Gasteiger partial charge in [0.1, 0.15) is 5.69 Å². The third-order valence-electron chi connectivity index (χ3n) is 3.38. The van der Waals surface area contributed by atoms with Gasteiger partial charge in [0.25, 0.3) is 5.91 Å². The number of aromatic nitrogens is 1. The molecule has 1 unspecified atom stereocenters. The van der Waals surface area contributed by atoms with Crippen LogP contribution in [0.3, 0.4) is 0 Å². The first-order chi connectivity index (χ1) is 9.74. The summed E-state index contributed by atoms with van der Waals surface area (Å²) in [6.07, 6.45) is 3.73. The maximum absolute atomic E-state index is 12.3. The maximum Gasteiger partial charge on any atom is 0.271 e. The summed E-state index contributed by atoms with van der Waals surface area (Å²) in [5.74, 6) is 0.613. The van der Waals surface area contributed by atoms with Crippen LogP contribution in [-0.4, -0.2) is 30.0 Å². The van der Waals surface area contributed by atoms with E-state index in [4.69, 9.17) is 4.42 Å². The SMILES string of the molecule is Cc1sc(-c2ccco2)nc1C(=O)NC1CCCNC1. The number of aryl methyl sites for hydroxylation is 1. The van der Waals surface area contributed by atoms with Crippen molar-refractivity contribution in [1.82, 2.24) is 15.6 Å². The summed E-state index contributed by atoms with van der Waals surface area (Å²) in [6.45, 7) is 3.78. The monoisotopic (exact) mass is 291 g/mol. The molecule has 1 aliphatic heterocycles. The van der Waals surface area contributed by atoms with Crippen LogP contribution < -0.4 is 10.6 Å². The van der Waals surface area contributed by atoms with Gasteiger partial charge >= 0.3 is 0 Å². The Kier molecular flexibility index (Phi) is 3.84. The zero-order chi connectivity index (χ0) is 13.9. The van der Waals surface area contributed by atoms with E-state index in [9.17, 15) is 4.79 Å². The van der Waals surface area contributed by atoms with Gasteiger partial charge in [-0.25, -0.2) is 4.98 Å². The first kappa shape index (κ1) is 13.3. The molecule has 2 aromatic rings. The average Bonchev–Trinajstić information content (AvgIpc) is 3.08. The van der Waals surface area contributed by atoms with Gasteiger partial charge in [0.05, 0.1) is 6.26 Å². The highest BCUT2D eigenvalue weighted by Gasteiger charge is 2.21. The number of piperidine rings is 1. The molecule has 3 heterocycles. The zero-order valence-electron chi connectivity index (χ0n) is 11.3. The molecule has 1 saturated heterocycles. The van der Waals surface area contributed by atoms with Gasteiger partial charge in [-0.2, -0.15) is 0 Å². The van der Waals surface area contributed by atoms with Crippen molar-refractivity contribution < 1.29 is 9.21 Å². The molecule has 1 amide bonds. The first-order valence-corrected chi connectivity index (χ1v) is 7.58. The molecule has 1 atom stereocenters. The summed E-state index contributed by atoms with van der Waals surface area (Å²) in [5.41, 5.74) is 0.506. The number of carbonyl (C=O) groups is 1. The smallest absolute Gasteiger partial charge is 0.271 e. The molecule has 2 aromatic heterocycles. The molecular formula is C14H17N3O2S. The lowest BCUT2D eigenvalue weighted by Crippen LogP contribution is -2.45. The van der Waals surface area contributed by atoms with E-state index < -0.39 is 0 Å². The molecule has 1 aliphatic rings. The predicted molar refractivity (Wildman–Crippen MR) is 77.9 cm³/mol. The highest BCUT2D eigenvalue weighted by Crippen LogP contribution is 2.27. The fourth-order valence-corrected chi connectivity index (χ4v) is 3.22. The number of hydrogen-bond acceptors (Lipinski definition) is 5. The highest BCUT2D eigenvalue weighted by molar-refractivity contribution is 7.15. The van der Waals surface area contributed by atoms with E-state index in [1.165, 1.54) is 11.3 Å². The van der Waals surface area contributed by atoms with Crippen LogP contribution in [0.15, 0.2) is 22.8 Å². The van der Waals surface area contributed by atoms with E-state index in [1.54, 1.807) is 6.26 Å². The Bertz CT molecular complexity index is 586. The average molecular weight is 291 g/mol. The van der Waals surface area contributed by atoms with Crippen LogP contribution in [0.2, 0.25) is 0 Å². The number of nitrogens with zero attached hydrogens (tertiary/aromatic N) is 1. The largest absolute Gasteiger partial charge is 0.462 e. The van der Waals surface area contributed by atoms with Crippen LogP contribution in [0.25, 0.3) is 10.8 Å². The lowest BCUT2D eigenvalue weighted by atomic mass is 10.1. The second-order valence-corrected chi connectivity index (χ2v) is 6.12. The molecule has 6 heteroatoms. The van der Waals surface area contributed by atoms with Crippen molar-refractivity contribution in [3.63, 3.8) is 0 Å². The Morgan fingerprint density at radius 2 is 2.50 bits per heavy atom. The summed E-state index contributed by atoms with van der Waals surface area (Å²) in [4.78, 5) is 17.6. The van der Waals surface area contributed by atoms with Gasteiger partial charge in [-0.15, -0.1) is 11.3 Å². The van der Waals surface area contributed by atoms with Crippen LogP contribution in [-0.2, 0) is 0 Å². The predicted octanol–water partition coefficient (Wildman–Crippen LogP) is 2.19. The van der Waals surface area contributed by atoms with Crippen molar-refractivity contribution in [2.75, 3.05) is 13.1 Å². The minimum atomic E-state index is -0.0924. The van der Waals surface area contributed by atoms with Gasteiger partial charge < -0.3 is 15.1 Å². The Balaban J connectivity index is 1.74. The van der Waals surface area contributed by atoms with Gasteiger partial charge in [-0.3, -0.25) is 4.79 Å². The first-order valence-electron chi connectivity index (χ1n) is 6.77. The van der Waals surface area contributed by atoms with E-state index in [0.717, 1.165) is 35.8 Å². The van der Waals surface area contributed by atoms with E-state index in [-0.39, 0.29) is 11.9 Å². The summed E-state index contributed by atoms with van der Waals surface area (Å²) in [7, 11) is 0. The Morgan fingerprint density at radius 3 is 3.20 bits per heavy atom. The maximum atomic E-state index is 12.3. The molecule has 0 aliphatic carbocycles. The summed E-state index contributed by atoms with van der Waals surface area (Å²) >= 11 is 1.48. The molecule has 0 aromatic carbocycles. The van der Waals surface area contributed by atoms with Crippen molar-refractivity contribution in [3.05, 3.63) is 29.0 Å². The van der Waals surface area contributed by atoms with E-state index in [0.29, 0.717) is 11.5 Å². The number of furan rings is 1. The van der Waals surface area contributed by atoms with Crippen LogP contribution in [0.5, 0.6) is 0 Å². The minimum absolute atomic E-state index is 0.0924. The van der Waals surface area contributed by atoms with Crippen molar-refractivity contribution in [2.45, 2.75) is 25.8 Å². The van der Waals surface area contributed by atoms with Crippen molar-refractivity contribution in [1.29, 1.82) is 0 Å². The minimum Gasteiger partial charge on any atom is -0.462 e. The van der Waals surface area contributed by atoms with E-state index in [2.05, 4.69) is 15.6 Å². The summed E-state index contributed by atoms with van der Waals surface area (Å²) < 4.78 is 5.32. The van der Waals surface area contributed by atoms with Crippen LogP contribution >= 0.6 is 11.3 Å². The fourth-order valence-electron chi connectivity index (χ4n) is 2.34. The molecule has 20 heavy (non-hydrogen) atoms. The number of hydrogen-bond donors (Lipinski definition) is 2. The zero-order valence-corrected chi connectivity index (χ0v) is 12.1.